The van der Waals surface area contributed by atoms with Crippen LogP contribution >= 0.6 is 23.5 Å². The highest BCUT2D eigenvalue weighted by Crippen LogP contribution is 2.45. The molecule has 2 N–H and O–H groups in total. The van der Waals surface area contributed by atoms with E-state index >= 15 is 0 Å². The Morgan fingerprint density at radius 3 is 2.32 bits per heavy atom. The van der Waals surface area contributed by atoms with Gasteiger partial charge in [-0.05, 0) is 23.3 Å². The Morgan fingerprint density at radius 2 is 1.64 bits per heavy atom. The van der Waals surface area contributed by atoms with Crippen LogP contribution in [0.3, 0.4) is 0 Å². The Morgan fingerprint density at radius 1 is 0.964 bits per heavy atom. The van der Waals surface area contributed by atoms with Crippen LogP contribution in [0.15, 0.2) is 54.6 Å². The van der Waals surface area contributed by atoms with Crippen LogP contribution in [0.2, 0.25) is 0 Å². The summed E-state index contributed by atoms with van der Waals surface area (Å²) in [5, 5.41) is 4.70. The number of hydrogen-bond acceptors (Lipinski definition) is 6. The van der Waals surface area contributed by atoms with Crippen LogP contribution in [0, 0.1) is 0 Å². The number of amides is 3. The molecule has 6 nitrogen and oxygen atoms in total. The van der Waals surface area contributed by atoms with Crippen molar-refractivity contribution < 1.29 is 19.1 Å². The van der Waals surface area contributed by atoms with Gasteiger partial charge in [-0.2, -0.15) is 0 Å². The first-order valence-electron chi connectivity index (χ1n) is 8.74. The number of carbonyl (C=O) groups is 3. The lowest BCUT2D eigenvalue weighted by Crippen LogP contribution is -2.41. The van der Waals surface area contributed by atoms with Gasteiger partial charge in [-0.25, -0.2) is 9.59 Å². The summed E-state index contributed by atoms with van der Waals surface area (Å²) in [5.74, 6) is 0.979. The van der Waals surface area contributed by atoms with Gasteiger partial charge in [0.2, 0.25) is 0 Å². The van der Waals surface area contributed by atoms with Gasteiger partial charge in [-0.3, -0.25) is 10.1 Å². The smallest absolute Gasteiger partial charge is 0.338 e. The normalized spacial score (nSPS) is 13.7. The highest BCUT2D eigenvalue weighted by Gasteiger charge is 2.19. The topological polar surface area (TPSA) is 84.5 Å². The van der Waals surface area contributed by atoms with Crippen LogP contribution in [-0.2, 0) is 16.1 Å². The van der Waals surface area contributed by atoms with E-state index in [1.165, 1.54) is 0 Å². The van der Waals surface area contributed by atoms with Crippen molar-refractivity contribution in [3.8, 4) is 0 Å². The van der Waals surface area contributed by atoms with E-state index < -0.39 is 24.5 Å². The van der Waals surface area contributed by atoms with Gasteiger partial charge in [-0.15, -0.1) is 23.5 Å². The minimum atomic E-state index is -0.686. The molecule has 0 bridgehead atoms. The molecule has 0 unspecified atom stereocenters. The molecular weight excluding hydrogens is 396 g/mol. The maximum Gasteiger partial charge on any atom is 0.338 e. The summed E-state index contributed by atoms with van der Waals surface area (Å²) in [6.45, 7) is -0.225. The number of imide groups is 1. The van der Waals surface area contributed by atoms with Gasteiger partial charge in [0.1, 0.15) is 0 Å². The van der Waals surface area contributed by atoms with Crippen LogP contribution in [0.5, 0.6) is 0 Å². The summed E-state index contributed by atoms with van der Waals surface area (Å²) in [4.78, 5) is 35.6. The molecule has 1 heterocycles. The van der Waals surface area contributed by atoms with Gasteiger partial charge in [0, 0.05) is 18.1 Å². The Kier molecular flexibility index (Phi) is 7.39. The molecule has 146 valence electrons. The van der Waals surface area contributed by atoms with Gasteiger partial charge in [0.15, 0.2) is 6.61 Å². The van der Waals surface area contributed by atoms with Crippen molar-refractivity contribution >= 4 is 41.4 Å². The summed E-state index contributed by atoms with van der Waals surface area (Å²) in [5.41, 5.74) is 2.45. The van der Waals surface area contributed by atoms with E-state index in [0.29, 0.717) is 16.7 Å². The number of nitrogens with one attached hydrogen (secondary N) is 2. The van der Waals surface area contributed by atoms with E-state index in [2.05, 4.69) is 10.6 Å². The average molecular weight is 417 g/mol. The van der Waals surface area contributed by atoms with Gasteiger partial charge < -0.3 is 10.1 Å². The van der Waals surface area contributed by atoms with E-state index in [1.807, 2.05) is 66.0 Å². The molecule has 1 aliphatic heterocycles. The molecular formula is C20H20N2O4S2. The fourth-order valence-electron chi connectivity index (χ4n) is 2.53. The Hall–Kier alpha value is -2.45. The Labute approximate surface area is 171 Å². The van der Waals surface area contributed by atoms with E-state index in [-0.39, 0.29) is 0 Å². The lowest BCUT2D eigenvalue weighted by atomic mass is 10.1. The number of hydrogen-bond donors (Lipinski definition) is 2. The summed E-state index contributed by atoms with van der Waals surface area (Å²) in [7, 11) is 0. The van der Waals surface area contributed by atoms with Crippen LogP contribution in [0.4, 0.5) is 4.79 Å². The summed E-state index contributed by atoms with van der Waals surface area (Å²) in [6, 6.07) is 15.9. The SMILES string of the molecule is O=C(COC(=O)c1ccc(C2SCCS2)cc1)NC(=O)NCc1ccccc1. The second-order valence-corrected chi connectivity index (χ2v) is 8.71. The molecule has 0 radical (unpaired) electrons. The van der Waals surface area contributed by atoms with Crippen molar-refractivity contribution in [3.05, 3.63) is 71.3 Å². The quantitative estimate of drug-likeness (QED) is 0.703. The van der Waals surface area contributed by atoms with Crippen molar-refractivity contribution in [2.75, 3.05) is 18.1 Å². The summed E-state index contributed by atoms with van der Waals surface area (Å²) < 4.78 is 5.39. The molecule has 8 heteroatoms. The summed E-state index contributed by atoms with van der Waals surface area (Å²) in [6.07, 6.45) is 0. The van der Waals surface area contributed by atoms with E-state index in [4.69, 9.17) is 4.74 Å². The largest absolute Gasteiger partial charge is 0.452 e. The zero-order valence-electron chi connectivity index (χ0n) is 15.1. The maximum atomic E-state index is 12.1. The molecule has 0 aliphatic carbocycles. The van der Waals surface area contributed by atoms with Gasteiger partial charge >= 0.3 is 12.0 Å². The van der Waals surface area contributed by atoms with Crippen molar-refractivity contribution in [2.24, 2.45) is 0 Å². The molecule has 1 saturated heterocycles. The van der Waals surface area contributed by atoms with Crippen molar-refractivity contribution in [1.82, 2.24) is 10.6 Å². The van der Waals surface area contributed by atoms with Crippen LogP contribution < -0.4 is 10.6 Å². The van der Waals surface area contributed by atoms with E-state index in [1.54, 1.807) is 12.1 Å². The van der Waals surface area contributed by atoms with Crippen molar-refractivity contribution in [2.45, 2.75) is 11.1 Å². The first-order valence-corrected chi connectivity index (χ1v) is 10.8. The van der Waals surface area contributed by atoms with Gasteiger partial charge in [0.25, 0.3) is 5.91 Å². The van der Waals surface area contributed by atoms with Crippen LogP contribution in [0.1, 0.15) is 26.1 Å². The molecule has 2 aromatic rings. The van der Waals surface area contributed by atoms with Crippen LogP contribution in [0.25, 0.3) is 0 Å². The third kappa shape index (κ3) is 6.03. The average Bonchev–Trinajstić information content (AvgIpc) is 3.26. The van der Waals surface area contributed by atoms with Crippen molar-refractivity contribution in [3.63, 3.8) is 0 Å². The Balaban J connectivity index is 1.39. The molecule has 2 aromatic carbocycles. The predicted octanol–water partition coefficient (Wildman–Crippen LogP) is 3.35. The zero-order chi connectivity index (χ0) is 19.8. The van der Waals surface area contributed by atoms with Crippen molar-refractivity contribution in [1.29, 1.82) is 0 Å². The second-order valence-electron chi connectivity index (χ2n) is 5.99. The van der Waals surface area contributed by atoms with E-state index in [9.17, 15) is 14.4 Å². The molecule has 0 aromatic heterocycles. The highest BCUT2D eigenvalue weighted by atomic mass is 32.2. The predicted molar refractivity (Wildman–Crippen MR) is 111 cm³/mol. The molecule has 1 aliphatic rings. The van der Waals surface area contributed by atoms with Gasteiger partial charge in [-0.1, -0.05) is 42.5 Å². The number of esters is 1. The fourth-order valence-corrected chi connectivity index (χ4v) is 5.39. The number of urea groups is 1. The molecule has 1 fully saturated rings. The minimum absolute atomic E-state index is 0.295. The number of benzene rings is 2. The zero-order valence-corrected chi connectivity index (χ0v) is 16.7. The highest BCUT2D eigenvalue weighted by molar-refractivity contribution is 8.19. The number of carbonyl (C=O) groups excluding carboxylic acids is 3. The van der Waals surface area contributed by atoms with E-state index in [0.717, 1.165) is 22.6 Å². The molecule has 3 amide bonds. The monoisotopic (exact) mass is 416 g/mol. The third-order valence-corrected chi connectivity index (χ3v) is 7.03. The number of ether oxygens (including phenoxy) is 1. The third-order valence-electron chi connectivity index (χ3n) is 3.92. The standard InChI is InChI=1S/C20H20N2O4S2/c23-17(22-20(25)21-12-14-4-2-1-3-5-14)13-26-18(24)15-6-8-16(9-7-15)19-27-10-11-28-19/h1-9,19H,10-13H2,(H2,21,22,23,25). The Bertz CT molecular complexity index is 822. The second kappa shape index (κ2) is 10.2. The summed E-state index contributed by atoms with van der Waals surface area (Å²) >= 11 is 3.78. The number of rotatable bonds is 6. The molecule has 28 heavy (non-hydrogen) atoms. The molecule has 0 saturated carbocycles. The number of thioether (sulfide) groups is 2. The first kappa shape index (κ1) is 20.3. The molecule has 0 spiro atoms. The fraction of sp³-hybridized carbons (Fsp3) is 0.250. The van der Waals surface area contributed by atoms with Crippen LogP contribution in [-0.4, -0.2) is 36.0 Å². The first-order chi connectivity index (χ1) is 13.6. The minimum Gasteiger partial charge on any atom is -0.452 e. The maximum absolute atomic E-state index is 12.1. The molecule has 0 atom stereocenters. The van der Waals surface area contributed by atoms with Gasteiger partial charge in [0.05, 0.1) is 10.1 Å². The lowest BCUT2D eigenvalue weighted by Gasteiger charge is -2.10. The molecule has 3 rings (SSSR count). The lowest BCUT2D eigenvalue weighted by molar-refractivity contribution is -0.123.